The summed E-state index contributed by atoms with van der Waals surface area (Å²) in [5.41, 5.74) is 1.73. The van der Waals surface area contributed by atoms with Crippen molar-refractivity contribution < 1.29 is 18.3 Å². The number of nitrogens with one attached hydrogen (secondary N) is 2. The largest absolute Gasteiger partial charge is 0.492 e. The Balaban J connectivity index is 1.77. The average Bonchev–Trinajstić information content (AvgIpc) is 2.67. The standard InChI is InChI=1S/C20H17F2N3O2/c1-2-27-19-6-4-3-5-18(19)24-15-9-13(11-23-12-15)20(26)25-14-7-8-16(21)17(22)10-14/h3-12,24H,2H2,1H3,(H,25,26). The zero-order valence-electron chi connectivity index (χ0n) is 14.5. The summed E-state index contributed by atoms with van der Waals surface area (Å²) in [5, 5.41) is 5.67. The highest BCUT2D eigenvalue weighted by Crippen LogP contribution is 2.27. The van der Waals surface area contributed by atoms with Gasteiger partial charge in [0, 0.05) is 18.0 Å². The number of hydrogen-bond donors (Lipinski definition) is 2. The number of anilines is 3. The first-order valence-corrected chi connectivity index (χ1v) is 8.27. The van der Waals surface area contributed by atoms with Crippen molar-refractivity contribution in [2.75, 3.05) is 17.2 Å². The Morgan fingerprint density at radius 3 is 2.63 bits per heavy atom. The van der Waals surface area contributed by atoms with E-state index < -0.39 is 17.5 Å². The molecule has 0 fully saturated rings. The van der Waals surface area contributed by atoms with Crippen LogP contribution in [-0.2, 0) is 0 Å². The fourth-order valence-electron chi connectivity index (χ4n) is 2.42. The highest BCUT2D eigenvalue weighted by molar-refractivity contribution is 6.04. The number of carbonyl (C=O) groups is 1. The molecule has 0 radical (unpaired) electrons. The summed E-state index contributed by atoms with van der Waals surface area (Å²) in [6, 6.07) is 12.2. The molecule has 0 spiro atoms. The van der Waals surface area contributed by atoms with E-state index in [1.54, 1.807) is 12.3 Å². The maximum Gasteiger partial charge on any atom is 0.257 e. The van der Waals surface area contributed by atoms with Crippen molar-refractivity contribution in [1.29, 1.82) is 0 Å². The Hall–Kier alpha value is -3.48. The van der Waals surface area contributed by atoms with E-state index in [4.69, 9.17) is 4.74 Å². The van der Waals surface area contributed by atoms with Crippen LogP contribution in [0.1, 0.15) is 17.3 Å². The van der Waals surface area contributed by atoms with Crippen molar-refractivity contribution in [3.63, 3.8) is 0 Å². The molecule has 1 amide bonds. The number of halogens is 2. The number of pyridine rings is 1. The second kappa shape index (κ2) is 8.27. The molecule has 2 aromatic carbocycles. The van der Waals surface area contributed by atoms with Crippen LogP contribution in [0.25, 0.3) is 0 Å². The van der Waals surface area contributed by atoms with Crippen LogP contribution < -0.4 is 15.4 Å². The van der Waals surface area contributed by atoms with E-state index >= 15 is 0 Å². The Morgan fingerprint density at radius 1 is 1.04 bits per heavy atom. The summed E-state index contributed by atoms with van der Waals surface area (Å²) in [5.74, 6) is -1.82. The number of aromatic nitrogens is 1. The molecule has 1 aromatic heterocycles. The van der Waals surface area contributed by atoms with Crippen LogP contribution in [0.2, 0.25) is 0 Å². The van der Waals surface area contributed by atoms with Crippen LogP contribution in [0.5, 0.6) is 5.75 Å². The number of hydrogen-bond acceptors (Lipinski definition) is 4. The number of amides is 1. The fraction of sp³-hybridized carbons (Fsp3) is 0.100. The van der Waals surface area contributed by atoms with Crippen LogP contribution in [0, 0.1) is 11.6 Å². The summed E-state index contributed by atoms with van der Waals surface area (Å²) in [6.45, 7) is 2.41. The zero-order chi connectivity index (χ0) is 19.2. The molecule has 5 nitrogen and oxygen atoms in total. The van der Waals surface area contributed by atoms with Gasteiger partial charge in [0.1, 0.15) is 5.75 Å². The average molecular weight is 369 g/mol. The number of rotatable bonds is 6. The Labute approximate surface area is 155 Å². The summed E-state index contributed by atoms with van der Waals surface area (Å²) in [4.78, 5) is 16.4. The van der Waals surface area contributed by atoms with Crippen LogP contribution in [-0.4, -0.2) is 17.5 Å². The predicted molar refractivity (Wildman–Crippen MR) is 99.4 cm³/mol. The number of nitrogens with zero attached hydrogens (tertiary/aromatic N) is 1. The summed E-state index contributed by atoms with van der Waals surface area (Å²) >= 11 is 0. The number of carbonyl (C=O) groups excluding carboxylic acids is 1. The predicted octanol–water partition coefficient (Wildman–Crippen LogP) is 4.75. The normalized spacial score (nSPS) is 10.3. The molecule has 0 saturated heterocycles. The molecule has 0 bridgehead atoms. The molecule has 0 atom stereocenters. The Morgan fingerprint density at radius 2 is 1.85 bits per heavy atom. The smallest absolute Gasteiger partial charge is 0.257 e. The van der Waals surface area contributed by atoms with E-state index in [9.17, 15) is 13.6 Å². The third-order valence-electron chi connectivity index (χ3n) is 3.64. The monoisotopic (exact) mass is 369 g/mol. The van der Waals surface area contributed by atoms with E-state index in [1.807, 2.05) is 31.2 Å². The molecule has 7 heteroatoms. The topological polar surface area (TPSA) is 63.2 Å². The van der Waals surface area contributed by atoms with Crippen molar-refractivity contribution in [2.45, 2.75) is 6.92 Å². The van der Waals surface area contributed by atoms with Crippen molar-refractivity contribution in [3.8, 4) is 5.75 Å². The van der Waals surface area contributed by atoms with Crippen LogP contribution >= 0.6 is 0 Å². The highest BCUT2D eigenvalue weighted by atomic mass is 19.2. The van der Waals surface area contributed by atoms with Crippen molar-refractivity contribution in [3.05, 3.63) is 78.1 Å². The highest BCUT2D eigenvalue weighted by Gasteiger charge is 2.11. The lowest BCUT2D eigenvalue weighted by Crippen LogP contribution is -2.13. The molecular formula is C20H17F2N3O2. The number of benzene rings is 2. The molecule has 0 aliphatic heterocycles. The van der Waals surface area contributed by atoms with Gasteiger partial charge in [-0.25, -0.2) is 8.78 Å². The minimum atomic E-state index is -1.03. The summed E-state index contributed by atoms with van der Waals surface area (Å²) < 4.78 is 31.8. The van der Waals surface area contributed by atoms with Crippen molar-refractivity contribution in [1.82, 2.24) is 4.98 Å². The van der Waals surface area contributed by atoms with Gasteiger partial charge in [0.25, 0.3) is 5.91 Å². The molecule has 1 heterocycles. The van der Waals surface area contributed by atoms with E-state index in [1.165, 1.54) is 12.3 Å². The van der Waals surface area contributed by atoms with Crippen molar-refractivity contribution >= 4 is 23.0 Å². The third kappa shape index (κ3) is 4.58. The minimum Gasteiger partial charge on any atom is -0.492 e. The van der Waals surface area contributed by atoms with Gasteiger partial charge in [0.15, 0.2) is 11.6 Å². The van der Waals surface area contributed by atoms with Gasteiger partial charge in [0.2, 0.25) is 0 Å². The van der Waals surface area contributed by atoms with E-state index in [0.29, 0.717) is 18.0 Å². The Bertz CT molecular complexity index is 963. The molecule has 0 aliphatic carbocycles. The van der Waals surface area contributed by atoms with Crippen LogP contribution in [0.4, 0.5) is 25.8 Å². The van der Waals surface area contributed by atoms with E-state index in [-0.39, 0.29) is 11.3 Å². The maximum absolute atomic E-state index is 13.3. The lowest BCUT2D eigenvalue weighted by atomic mass is 10.2. The molecule has 3 aromatic rings. The van der Waals surface area contributed by atoms with Gasteiger partial charge >= 0.3 is 0 Å². The Kier molecular flexibility index (Phi) is 5.61. The van der Waals surface area contributed by atoms with Gasteiger partial charge in [-0.15, -0.1) is 0 Å². The van der Waals surface area contributed by atoms with Gasteiger partial charge in [0.05, 0.1) is 29.7 Å². The van der Waals surface area contributed by atoms with Crippen molar-refractivity contribution in [2.24, 2.45) is 0 Å². The lowest BCUT2D eigenvalue weighted by molar-refractivity contribution is 0.102. The van der Waals surface area contributed by atoms with Gasteiger partial charge < -0.3 is 15.4 Å². The second-order valence-electron chi connectivity index (χ2n) is 5.60. The van der Waals surface area contributed by atoms with Crippen LogP contribution in [0.15, 0.2) is 60.9 Å². The van der Waals surface area contributed by atoms with Crippen LogP contribution in [0.3, 0.4) is 0 Å². The molecule has 0 saturated carbocycles. The first kappa shape index (κ1) is 18.3. The molecule has 2 N–H and O–H groups in total. The first-order chi connectivity index (χ1) is 13.1. The summed E-state index contributed by atoms with van der Waals surface area (Å²) in [6.07, 6.45) is 2.95. The van der Waals surface area contributed by atoms with E-state index in [2.05, 4.69) is 15.6 Å². The number of para-hydroxylation sites is 2. The molecule has 3 rings (SSSR count). The number of ether oxygens (including phenoxy) is 1. The molecule has 0 aliphatic rings. The zero-order valence-corrected chi connectivity index (χ0v) is 14.5. The van der Waals surface area contributed by atoms with Gasteiger partial charge in [-0.1, -0.05) is 12.1 Å². The quantitative estimate of drug-likeness (QED) is 0.658. The van der Waals surface area contributed by atoms with Gasteiger partial charge in [-0.05, 0) is 37.3 Å². The SMILES string of the molecule is CCOc1ccccc1Nc1cncc(C(=O)Nc2ccc(F)c(F)c2)c1. The molecular weight excluding hydrogens is 352 g/mol. The van der Waals surface area contributed by atoms with Gasteiger partial charge in [-0.2, -0.15) is 0 Å². The van der Waals surface area contributed by atoms with Gasteiger partial charge in [-0.3, -0.25) is 9.78 Å². The third-order valence-corrected chi connectivity index (χ3v) is 3.64. The lowest BCUT2D eigenvalue weighted by Gasteiger charge is -2.12. The maximum atomic E-state index is 13.3. The molecule has 27 heavy (non-hydrogen) atoms. The fourth-order valence-corrected chi connectivity index (χ4v) is 2.42. The molecule has 0 unspecified atom stereocenters. The molecule has 138 valence electrons. The summed E-state index contributed by atoms with van der Waals surface area (Å²) in [7, 11) is 0. The first-order valence-electron chi connectivity index (χ1n) is 8.27. The van der Waals surface area contributed by atoms with E-state index in [0.717, 1.165) is 17.8 Å². The second-order valence-corrected chi connectivity index (χ2v) is 5.60. The minimum absolute atomic E-state index is 0.152.